The van der Waals surface area contributed by atoms with Crippen molar-refractivity contribution in [3.63, 3.8) is 0 Å². The summed E-state index contributed by atoms with van der Waals surface area (Å²) in [6, 6.07) is 0. The third-order valence-electron chi connectivity index (χ3n) is 4.64. The van der Waals surface area contributed by atoms with Crippen LogP contribution in [0.4, 0.5) is 0 Å². The third kappa shape index (κ3) is 4.72. The summed E-state index contributed by atoms with van der Waals surface area (Å²) in [4.78, 5) is 2.14. The van der Waals surface area contributed by atoms with Gasteiger partial charge in [0.1, 0.15) is 9.84 Å². The molecular weight excluding hydrogens is 262 g/mol. The zero-order valence-electron chi connectivity index (χ0n) is 12.7. The maximum absolute atomic E-state index is 11.2. The van der Waals surface area contributed by atoms with Gasteiger partial charge >= 0.3 is 0 Å². The minimum absolute atomic E-state index is 0.163. The Kier molecular flexibility index (Phi) is 5.83. The topological polar surface area (TPSA) is 57.6 Å². The number of aliphatic hydroxyl groups is 1. The summed E-state index contributed by atoms with van der Waals surface area (Å²) in [7, 11) is 1.12. The van der Waals surface area contributed by atoms with E-state index in [9.17, 15) is 13.5 Å². The van der Waals surface area contributed by atoms with Gasteiger partial charge in [0.2, 0.25) is 0 Å². The van der Waals surface area contributed by atoms with Gasteiger partial charge in [0.25, 0.3) is 0 Å². The predicted molar refractivity (Wildman–Crippen MR) is 79.0 cm³/mol. The van der Waals surface area contributed by atoms with Gasteiger partial charge in [0, 0.05) is 17.5 Å². The third-order valence-corrected chi connectivity index (χ3v) is 5.67. The molecule has 19 heavy (non-hydrogen) atoms. The number of nitrogens with zero attached hydrogens (tertiary/aromatic N) is 1. The van der Waals surface area contributed by atoms with Crippen LogP contribution in [0.5, 0.6) is 0 Å². The highest BCUT2D eigenvalue weighted by Crippen LogP contribution is 2.38. The lowest BCUT2D eigenvalue weighted by molar-refractivity contribution is -0.0426. The molecule has 0 aromatic carbocycles. The molecule has 114 valence electrons. The van der Waals surface area contributed by atoms with Crippen molar-refractivity contribution in [1.29, 1.82) is 0 Å². The second-order valence-corrected chi connectivity index (χ2v) is 8.73. The summed E-state index contributed by atoms with van der Waals surface area (Å²) in [5.74, 6) is 0.903. The molecule has 1 rings (SSSR count). The number of rotatable bonds is 6. The molecule has 1 aliphatic rings. The van der Waals surface area contributed by atoms with E-state index in [4.69, 9.17) is 0 Å². The molecule has 1 N–H and O–H groups in total. The van der Waals surface area contributed by atoms with E-state index in [1.807, 2.05) is 14.1 Å². The first-order valence-corrected chi connectivity index (χ1v) is 9.26. The smallest absolute Gasteiger partial charge is 0.147 e. The molecule has 1 atom stereocenters. The number of likely N-dealkylation sites (N-methyl/N-ethyl adjacent to an activating group) is 1. The lowest BCUT2D eigenvalue weighted by Crippen LogP contribution is -2.55. The molecule has 0 saturated heterocycles. The lowest BCUT2D eigenvalue weighted by Gasteiger charge is -2.47. The van der Waals surface area contributed by atoms with Crippen LogP contribution in [-0.4, -0.2) is 56.2 Å². The first-order valence-electron chi connectivity index (χ1n) is 7.20. The average Bonchev–Trinajstić information content (AvgIpc) is 2.28. The molecule has 0 aromatic rings. The van der Waals surface area contributed by atoms with Crippen molar-refractivity contribution in [1.82, 2.24) is 4.90 Å². The Morgan fingerprint density at radius 1 is 1.32 bits per heavy atom. The minimum Gasteiger partial charge on any atom is -0.391 e. The van der Waals surface area contributed by atoms with Gasteiger partial charge in [0.05, 0.1) is 6.10 Å². The predicted octanol–water partition coefficient (Wildman–Crippen LogP) is 1.68. The van der Waals surface area contributed by atoms with Crippen molar-refractivity contribution in [3.05, 3.63) is 0 Å². The number of hydrogen-bond donors (Lipinski definition) is 1. The molecule has 4 nitrogen and oxygen atoms in total. The normalized spacial score (nSPS) is 30.5. The van der Waals surface area contributed by atoms with Gasteiger partial charge in [0.15, 0.2) is 0 Å². The number of hydrogen-bond acceptors (Lipinski definition) is 4. The average molecular weight is 291 g/mol. The van der Waals surface area contributed by atoms with Crippen molar-refractivity contribution in [3.8, 4) is 0 Å². The van der Waals surface area contributed by atoms with Crippen LogP contribution in [0.2, 0.25) is 0 Å². The van der Waals surface area contributed by atoms with Crippen molar-refractivity contribution in [2.24, 2.45) is 5.92 Å². The van der Waals surface area contributed by atoms with E-state index in [2.05, 4.69) is 11.8 Å². The summed E-state index contributed by atoms with van der Waals surface area (Å²) in [5, 5.41) is 10.5. The maximum atomic E-state index is 11.2. The molecule has 1 fully saturated rings. The van der Waals surface area contributed by atoms with Gasteiger partial charge in [-0.2, -0.15) is 0 Å². The molecule has 1 unspecified atom stereocenters. The Hall–Kier alpha value is -0.130. The fourth-order valence-corrected chi connectivity index (χ4v) is 3.84. The van der Waals surface area contributed by atoms with Crippen LogP contribution in [0, 0.1) is 5.92 Å². The van der Waals surface area contributed by atoms with Crippen molar-refractivity contribution in [2.45, 2.75) is 57.1 Å². The molecule has 0 aromatic heterocycles. The van der Waals surface area contributed by atoms with Crippen LogP contribution in [0.1, 0.15) is 45.4 Å². The molecule has 5 heteroatoms. The monoisotopic (exact) mass is 291 g/mol. The highest BCUT2D eigenvalue weighted by atomic mass is 32.2. The first kappa shape index (κ1) is 16.9. The summed E-state index contributed by atoms with van der Waals surface area (Å²) < 4.78 is 22.3. The van der Waals surface area contributed by atoms with Crippen molar-refractivity contribution in [2.75, 3.05) is 26.1 Å². The first-order chi connectivity index (χ1) is 8.67. The second kappa shape index (κ2) is 6.55. The van der Waals surface area contributed by atoms with Gasteiger partial charge in [-0.05, 0) is 58.5 Å². The Morgan fingerprint density at radius 2 is 1.84 bits per heavy atom. The molecular formula is C14H29NO3S. The van der Waals surface area contributed by atoms with E-state index in [0.717, 1.165) is 31.6 Å². The Bertz CT molecular complexity index is 370. The Labute approximate surface area is 118 Å². The van der Waals surface area contributed by atoms with Crippen LogP contribution in [0.25, 0.3) is 0 Å². The molecule has 0 bridgehead atoms. The maximum Gasteiger partial charge on any atom is 0.147 e. The zero-order valence-corrected chi connectivity index (χ0v) is 13.5. The van der Waals surface area contributed by atoms with Gasteiger partial charge in [-0.25, -0.2) is 8.42 Å². The summed E-state index contributed by atoms with van der Waals surface area (Å²) in [6.45, 7) is 2.26. The van der Waals surface area contributed by atoms with E-state index >= 15 is 0 Å². The summed E-state index contributed by atoms with van der Waals surface area (Å²) in [6.07, 6.45) is 6.22. The SMILES string of the molecule is CC1CCC(C(O)CCCS(C)(=O)=O)(N(C)C)CC1. The second-order valence-electron chi connectivity index (χ2n) is 6.47. The van der Waals surface area contributed by atoms with E-state index in [0.29, 0.717) is 12.8 Å². The minimum atomic E-state index is -2.92. The standard InChI is InChI=1S/C14H29NO3S/c1-12-7-9-14(10-8-12,15(2)3)13(16)6-5-11-19(4,17)18/h12-13,16H,5-11H2,1-4H3. The molecule has 0 aliphatic heterocycles. The molecule has 0 heterocycles. The quantitative estimate of drug-likeness (QED) is 0.809. The van der Waals surface area contributed by atoms with Gasteiger partial charge in [-0.15, -0.1) is 0 Å². The van der Waals surface area contributed by atoms with Crippen LogP contribution < -0.4 is 0 Å². The molecule has 0 amide bonds. The molecule has 1 saturated carbocycles. The fourth-order valence-electron chi connectivity index (χ4n) is 3.15. The van der Waals surface area contributed by atoms with Gasteiger partial charge in [-0.1, -0.05) is 6.92 Å². The van der Waals surface area contributed by atoms with Gasteiger partial charge < -0.3 is 10.0 Å². The van der Waals surface area contributed by atoms with Crippen LogP contribution >= 0.6 is 0 Å². The van der Waals surface area contributed by atoms with Gasteiger partial charge in [-0.3, -0.25) is 0 Å². The number of aliphatic hydroxyl groups excluding tert-OH is 1. The van der Waals surface area contributed by atoms with Crippen LogP contribution in [-0.2, 0) is 9.84 Å². The highest BCUT2D eigenvalue weighted by Gasteiger charge is 2.41. The van der Waals surface area contributed by atoms with Crippen LogP contribution in [0.15, 0.2) is 0 Å². The Balaban J connectivity index is 2.61. The number of sulfone groups is 1. The van der Waals surface area contributed by atoms with E-state index in [1.165, 1.54) is 6.26 Å². The molecule has 0 spiro atoms. The van der Waals surface area contributed by atoms with Crippen molar-refractivity contribution >= 4 is 9.84 Å². The largest absolute Gasteiger partial charge is 0.391 e. The summed E-state index contributed by atoms with van der Waals surface area (Å²) >= 11 is 0. The fraction of sp³-hybridized carbons (Fsp3) is 1.00. The van der Waals surface area contributed by atoms with E-state index in [-0.39, 0.29) is 11.3 Å². The summed E-state index contributed by atoms with van der Waals surface area (Å²) in [5.41, 5.74) is -0.163. The van der Waals surface area contributed by atoms with E-state index in [1.54, 1.807) is 0 Å². The highest BCUT2D eigenvalue weighted by molar-refractivity contribution is 7.90. The van der Waals surface area contributed by atoms with Crippen molar-refractivity contribution < 1.29 is 13.5 Å². The lowest BCUT2D eigenvalue weighted by atomic mass is 9.72. The zero-order chi connectivity index (χ0) is 14.7. The molecule has 1 aliphatic carbocycles. The molecule has 0 radical (unpaired) electrons. The van der Waals surface area contributed by atoms with E-state index < -0.39 is 15.9 Å². The Morgan fingerprint density at radius 3 is 2.26 bits per heavy atom. The van der Waals surface area contributed by atoms with Crippen LogP contribution in [0.3, 0.4) is 0 Å².